The lowest BCUT2D eigenvalue weighted by Crippen LogP contribution is -2.24. The zero-order valence-electron chi connectivity index (χ0n) is 17.7. The van der Waals surface area contributed by atoms with Crippen LogP contribution in [0, 0.1) is 18.7 Å². The summed E-state index contributed by atoms with van der Waals surface area (Å²) >= 11 is 0. The third kappa shape index (κ3) is 3.89. The van der Waals surface area contributed by atoms with E-state index in [1.54, 1.807) is 6.20 Å². The molecular formula is C26H27FN2O2. The van der Waals surface area contributed by atoms with E-state index in [0.717, 1.165) is 59.0 Å². The molecule has 5 heteroatoms. The van der Waals surface area contributed by atoms with E-state index in [9.17, 15) is 14.3 Å². The number of fused-ring (bicyclic) bond motifs is 1. The van der Waals surface area contributed by atoms with Crippen molar-refractivity contribution in [2.45, 2.75) is 57.9 Å². The van der Waals surface area contributed by atoms with Crippen molar-refractivity contribution >= 4 is 22.4 Å². The fourth-order valence-electron chi connectivity index (χ4n) is 4.70. The number of pyridine rings is 1. The van der Waals surface area contributed by atoms with Crippen LogP contribution in [0.1, 0.15) is 60.9 Å². The van der Waals surface area contributed by atoms with Gasteiger partial charge in [-0.25, -0.2) is 4.39 Å². The summed E-state index contributed by atoms with van der Waals surface area (Å²) < 4.78 is 14.1. The minimum Gasteiger partial charge on any atom is -0.505 e. The average Bonchev–Trinajstić information content (AvgIpc) is 3.62. The number of phenolic OH excluding ortho intramolecular Hbond substituents is 1. The summed E-state index contributed by atoms with van der Waals surface area (Å²) in [6, 6.07) is 9.00. The lowest BCUT2D eigenvalue weighted by molar-refractivity contribution is 0.0968. The van der Waals surface area contributed by atoms with Crippen LogP contribution in [0.3, 0.4) is 0 Å². The second-order valence-corrected chi connectivity index (χ2v) is 9.02. The van der Waals surface area contributed by atoms with E-state index in [1.165, 1.54) is 31.4 Å². The van der Waals surface area contributed by atoms with Gasteiger partial charge in [0.15, 0.2) is 17.3 Å². The van der Waals surface area contributed by atoms with E-state index in [-0.39, 0.29) is 17.5 Å². The number of benzene rings is 2. The first-order valence-corrected chi connectivity index (χ1v) is 11.2. The number of halogens is 1. The molecule has 0 radical (unpaired) electrons. The van der Waals surface area contributed by atoms with E-state index < -0.39 is 5.82 Å². The van der Waals surface area contributed by atoms with Crippen molar-refractivity contribution < 1.29 is 14.3 Å². The van der Waals surface area contributed by atoms with Gasteiger partial charge in [-0.15, -0.1) is 0 Å². The third-order valence-electron chi connectivity index (χ3n) is 6.64. The van der Waals surface area contributed by atoms with Crippen LogP contribution in [-0.4, -0.2) is 21.9 Å². The molecule has 0 aliphatic heterocycles. The van der Waals surface area contributed by atoms with Crippen molar-refractivity contribution in [3.63, 3.8) is 0 Å². The first kappa shape index (κ1) is 20.0. The van der Waals surface area contributed by atoms with Gasteiger partial charge in [0.1, 0.15) is 0 Å². The zero-order valence-corrected chi connectivity index (χ0v) is 17.7. The van der Waals surface area contributed by atoms with Crippen molar-refractivity contribution in [3.05, 3.63) is 53.5 Å². The predicted molar refractivity (Wildman–Crippen MR) is 121 cm³/mol. The summed E-state index contributed by atoms with van der Waals surface area (Å²) in [5.41, 5.74) is 4.71. The van der Waals surface area contributed by atoms with Crippen LogP contribution < -0.4 is 5.32 Å². The largest absolute Gasteiger partial charge is 0.505 e. The number of rotatable bonds is 5. The molecule has 2 aliphatic rings. The Balaban J connectivity index is 1.65. The van der Waals surface area contributed by atoms with Crippen LogP contribution in [0.5, 0.6) is 5.75 Å². The van der Waals surface area contributed by atoms with Gasteiger partial charge in [0.05, 0.1) is 16.8 Å². The Morgan fingerprint density at radius 1 is 1.10 bits per heavy atom. The number of nitrogens with one attached hydrogen (secondary N) is 1. The quantitative estimate of drug-likeness (QED) is 0.471. The van der Waals surface area contributed by atoms with Gasteiger partial charge in [0.2, 0.25) is 0 Å². The Labute approximate surface area is 181 Å². The molecule has 2 saturated carbocycles. The molecule has 0 spiro atoms. The maximum absolute atomic E-state index is 14.1. The maximum Gasteiger partial charge on any atom is 0.169 e. The number of carbonyl (C=O) groups is 1. The van der Waals surface area contributed by atoms with Gasteiger partial charge in [0, 0.05) is 23.5 Å². The summed E-state index contributed by atoms with van der Waals surface area (Å²) in [6.07, 6.45) is 9.48. The lowest BCUT2D eigenvalue weighted by Gasteiger charge is -2.26. The molecule has 2 fully saturated rings. The average molecular weight is 419 g/mol. The fraction of sp³-hybridized carbons (Fsp3) is 0.385. The van der Waals surface area contributed by atoms with Crippen molar-refractivity contribution in [2.75, 3.05) is 5.32 Å². The molecule has 0 saturated heterocycles. The maximum atomic E-state index is 14.1. The predicted octanol–water partition coefficient (Wildman–Crippen LogP) is 6.39. The molecule has 5 rings (SSSR count). The van der Waals surface area contributed by atoms with Gasteiger partial charge >= 0.3 is 0 Å². The van der Waals surface area contributed by atoms with E-state index in [4.69, 9.17) is 0 Å². The van der Waals surface area contributed by atoms with Crippen LogP contribution in [0.4, 0.5) is 10.1 Å². The molecule has 0 bridgehead atoms. The fourth-order valence-corrected chi connectivity index (χ4v) is 4.70. The number of Topliss-reactive ketones (excluding diaryl/α,β-unsaturated/α-hetero) is 1. The van der Waals surface area contributed by atoms with Crippen LogP contribution >= 0.6 is 0 Å². The van der Waals surface area contributed by atoms with Crippen molar-refractivity contribution in [1.29, 1.82) is 0 Å². The molecule has 1 aromatic heterocycles. The van der Waals surface area contributed by atoms with Gasteiger partial charge in [-0.2, -0.15) is 0 Å². The van der Waals surface area contributed by atoms with Crippen molar-refractivity contribution in [3.8, 4) is 16.9 Å². The summed E-state index contributed by atoms with van der Waals surface area (Å²) in [7, 11) is 0. The smallest absolute Gasteiger partial charge is 0.169 e. The molecule has 2 aliphatic carbocycles. The highest BCUT2D eigenvalue weighted by molar-refractivity contribution is 6.10. The van der Waals surface area contributed by atoms with Crippen molar-refractivity contribution in [2.24, 2.45) is 5.92 Å². The number of nitrogens with zero attached hydrogens (tertiary/aromatic N) is 1. The van der Waals surface area contributed by atoms with Crippen LogP contribution in [0.15, 0.2) is 36.5 Å². The van der Waals surface area contributed by atoms with Gasteiger partial charge in [-0.1, -0.05) is 25.3 Å². The molecule has 4 nitrogen and oxygen atoms in total. The normalized spacial score (nSPS) is 17.1. The first-order valence-electron chi connectivity index (χ1n) is 11.2. The molecule has 0 unspecified atom stereocenters. The monoisotopic (exact) mass is 418 g/mol. The molecule has 0 amide bonds. The molecule has 160 valence electrons. The van der Waals surface area contributed by atoms with E-state index in [0.29, 0.717) is 11.6 Å². The van der Waals surface area contributed by atoms with Crippen LogP contribution in [0.2, 0.25) is 0 Å². The van der Waals surface area contributed by atoms with Gasteiger partial charge < -0.3 is 10.4 Å². The molecule has 3 aromatic rings. The Hall–Kier alpha value is -2.95. The molecule has 2 aromatic carbocycles. The summed E-state index contributed by atoms with van der Waals surface area (Å²) in [4.78, 5) is 17.6. The highest BCUT2D eigenvalue weighted by Crippen LogP contribution is 2.39. The Kier molecular flexibility index (Phi) is 5.12. The standard InChI is InChI=1S/C26H27FN2O2/c1-15-11-24(30)22(27)13-19(15)17-9-10-23-20(12-17)25(29-18-5-3-2-4-6-18)21(14-28-23)26(31)16-7-8-16/h9-14,16,18,30H,2-8H2,1H3,(H,28,29). The third-order valence-corrected chi connectivity index (χ3v) is 6.64. The second kappa shape index (κ2) is 7.95. The summed E-state index contributed by atoms with van der Waals surface area (Å²) in [6.45, 7) is 1.85. The summed E-state index contributed by atoms with van der Waals surface area (Å²) in [5, 5.41) is 14.3. The highest BCUT2D eigenvalue weighted by atomic mass is 19.1. The highest BCUT2D eigenvalue weighted by Gasteiger charge is 2.33. The van der Waals surface area contributed by atoms with Gasteiger partial charge in [-0.05, 0) is 73.6 Å². The SMILES string of the molecule is Cc1cc(O)c(F)cc1-c1ccc2ncc(C(=O)C3CC3)c(NC3CCCCC3)c2c1. The lowest BCUT2D eigenvalue weighted by atomic mass is 9.93. The number of carbonyl (C=O) groups excluding carboxylic acids is 1. The number of phenols is 1. The van der Waals surface area contributed by atoms with Crippen molar-refractivity contribution in [1.82, 2.24) is 4.98 Å². The first-order chi connectivity index (χ1) is 15.0. The number of aryl methyl sites for hydroxylation is 1. The van der Waals surface area contributed by atoms with Crippen LogP contribution in [-0.2, 0) is 0 Å². The number of anilines is 1. The second-order valence-electron chi connectivity index (χ2n) is 9.02. The summed E-state index contributed by atoms with van der Waals surface area (Å²) in [5.74, 6) is -0.703. The number of hydrogen-bond donors (Lipinski definition) is 2. The van der Waals surface area contributed by atoms with Gasteiger partial charge in [-0.3, -0.25) is 9.78 Å². The topological polar surface area (TPSA) is 62.2 Å². The van der Waals surface area contributed by atoms with E-state index in [1.807, 2.05) is 25.1 Å². The number of ketones is 1. The number of aromatic hydroxyl groups is 1. The number of aromatic nitrogens is 1. The van der Waals surface area contributed by atoms with E-state index >= 15 is 0 Å². The number of hydrogen-bond acceptors (Lipinski definition) is 4. The van der Waals surface area contributed by atoms with Gasteiger partial charge in [0.25, 0.3) is 0 Å². The molecule has 0 atom stereocenters. The molecular weight excluding hydrogens is 391 g/mol. The van der Waals surface area contributed by atoms with Crippen LogP contribution in [0.25, 0.3) is 22.0 Å². The Morgan fingerprint density at radius 2 is 1.87 bits per heavy atom. The zero-order chi connectivity index (χ0) is 21.5. The Bertz CT molecular complexity index is 1160. The minimum absolute atomic E-state index is 0.114. The minimum atomic E-state index is -0.642. The molecule has 31 heavy (non-hydrogen) atoms. The van der Waals surface area contributed by atoms with E-state index in [2.05, 4.69) is 10.3 Å². The molecule has 2 N–H and O–H groups in total. The molecule has 1 heterocycles. The Morgan fingerprint density at radius 3 is 2.61 bits per heavy atom.